The van der Waals surface area contributed by atoms with Gasteiger partial charge >= 0.3 is 0 Å². The second kappa shape index (κ2) is 4.26. The van der Waals surface area contributed by atoms with Gasteiger partial charge in [0.05, 0.1) is 6.26 Å². The van der Waals surface area contributed by atoms with Crippen LogP contribution in [0.5, 0.6) is 0 Å². The summed E-state index contributed by atoms with van der Waals surface area (Å²) in [5, 5.41) is 0. The highest BCUT2D eigenvalue weighted by atomic mass is 16.3. The van der Waals surface area contributed by atoms with E-state index in [2.05, 4.69) is 0 Å². The molecule has 18 heavy (non-hydrogen) atoms. The predicted octanol–water partition coefficient (Wildman–Crippen LogP) is 2.57. The number of aryl methyl sites for hydroxylation is 1. The van der Waals surface area contributed by atoms with Gasteiger partial charge in [0.1, 0.15) is 5.78 Å². The zero-order chi connectivity index (χ0) is 12.5. The second-order valence-electron chi connectivity index (χ2n) is 4.51. The van der Waals surface area contributed by atoms with Gasteiger partial charge in [-0.15, -0.1) is 0 Å². The summed E-state index contributed by atoms with van der Waals surface area (Å²) in [6.07, 6.45) is 3.31. The molecule has 3 rings (SSSR count). The van der Waals surface area contributed by atoms with Gasteiger partial charge in [-0.25, -0.2) is 0 Å². The molecule has 3 nitrogen and oxygen atoms in total. The lowest BCUT2D eigenvalue weighted by atomic mass is 9.89. The first-order valence-corrected chi connectivity index (χ1v) is 5.96. The number of benzene rings is 1. The maximum absolute atomic E-state index is 12.1. The molecular formula is C15H12O3. The molecule has 1 aromatic heterocycles. The summed E-state index contributed by atoms with van der Waals surface area (Å²) in [4.78, 5) is 23.5. The fourth-order valence-corrected chi connectivity index (χ4v) is 2.30. The number of carbonyl (C=O) groups excluding carboxylic acids is 2. The maximum Gasteiger partial charge on any atom is 0.228 e. The van der Waals surface area contributed by atoms with Crippen molar-refractivity contribution in [3.05, 3.63) is 59.0 Å². The van der Waals surface area contributed by atoms with Gasteiger partial charge in [-0.05, 0) is 35.7 Å². The summed E-state index contributed by atoms with van der Waals surface area (Å²) in [6, 6.07) is 8.90. The van der Waals surface area contributed by atoms with Crippen LogP contribution in [0.15, 0.2) is 41.0 Å². The fourth-order valence-electron chi connectivity index (χ4n) is 2.30. The molecule has 90 valence electrons. The van der Waals surface area contributed by atoms with Gasteiger partial charge in [-0.3, -0.25) is 9.59 Å². The Hall–Kier alpha value is -2.16. The van der Waals surface area contributed by atoms with E-state index in [4.69, 9.17) is 4.42 Å². The highest BCUT2D eigenvalue weighted by Gasteiger charge is 2.18. The van der Waals surface area contributed by atoms with Crippen molar-refractivity contribution < 1.29 is 14.0 Å². The first-order valence-electron chi connectivity index (χ1n) is 5.96. The van der Waals surface area contributed by atoms with Crippen molar-refractivity contribution in [1.29, 1.82) is 0 Å². The minimum Gasteiger partial charge on any atom is -0.461 e. The molecule has 0 bridgehead atoms. The topological polar surface area (TPSA) is 47.3 Å². The zero-order valence-electron chi connectivity index (χ0n) is 9.81. The molecule has 1 heterocycles. The summed E-state index contributed by atoms with van der Waals surface area (Å²) in [5.74, 6) is 0.433. The number of Topliss-reactive ketones (excluding diaryl/α,β-unsaturated/α-hetero) is 1. The minimum absolute atomic E-state index is 0.138. The van der Waals surface area contributed by atoms with E-state index in [0.29, 0.717) is 24.2 Å². The molecule has 2 aromatic rings. The third-order valence-electron chi connectivity index (χ3n) is 3.27. The Morgan fingerprint density at radius 1 is 1.11 bits per heavy atom. The lowest BCUT2D eigenvalue weighted by Gasteiger charge is -2.15. The Morgan fingerprint density at radius 2 is 2.00 bits per heavy atom. The molecule has 3 heteroatoms. The van der Waals surface area contributed by atoms with Crippen molar-refractivity contribution in [3.8, 4) is 0 Å². The molecular weight excluding hydrogens is 228 g/mol. The highest BCUT2D eigenvalue weighted by molar-refractivity contribution is 6.07. The van der Waals surface area contributed by atoms with Crippen molar-refractivity contribution in [2.75, 3.05) is 0 Å². The number of furan rings is 1. The van der Waals surface area contributed by atoms with E-state index in [9.17, 15) is 9.59 Å². The van der Waals surface area contributed by atoms with E-state index in [-0.39, 0.29) is 11.6 Å². The second-order valence-corrected chi connectivity index (χ2v) is 4.51. The molecule has 1 aliphatic carbocycles. The molecule has 0 saturated carbocycles. The van der Waals surface area contributed by atoms with Crippen LogP contribution in [0.4, 0.5) is 0 Å². The van der Waals surface area contributed by atoms with Crippen molar-refractivity contribution in [3.63, 3.8) is 0 Å². The number of hydrogen-bond acceptors (Lipinski definition) is 3. The van der Waals surface area contributed by atoms with Crippen molar-refractivity contribution in [2.24, 2.45) is 0 Å². The molecule has 0 saturated heterocycles. The van der Waals surface area contributed by atoms with E-state index in [1.807, 2.05) is 12.1 Å². The molecule has 0 unspecified atom stereocenters. The smallest absolute Gasteiger partial charge is 0.228 e. The van der Waals surface area contributed by atoms with Crippen molar-refractivity contribution >= 4 is 11.6 Å². The van der Waals surface area contributed by atoms with E-state index in [1.165, 1.54) is 11.8 Å². The summed E-state index contributed by atoms with van der Waals surface area (Å²) in [7, 11) is 0. The minimum atomic E-state index is -0.138. The van der Waals surface area contributed by atoms with E-state index in [0.717, 1.165) is 12.0 Å². The lowest BCUT2D eigenvalue weighted by molar-refractivity contribution is -0.118. The number of ketones is 2. The van der Waals surface area contributed by atoms with Gasteiger partial charge in [-0.2, -0.15) is 0 Å². The van der Waals surface area contributed by atoms with Crippen LogP contribution in [0, 0.1) is 0 Å². The van der Waals surface area contributed by atoms with Crippen LogP contribution < -0.4 is 0 Å². The molecule has 0 N–H and O–H groups in total. The van der Waals surface area contributed by atoms with Gasteiger partial charge in [0.2, 0.25) is 5.78 Å². The number of fused-ring (bicyclic) bond motifs is 1. The molecule has 0 amide bonds. The maximum atomic E-state index is 12.1. The monoisotopic (exact) mass is 240 g/mol. The van der Waals surface area contributed by atoms with Crippen LogP contribution in [0.25, 0.3) is 0 Å². The van der Waals surface area contributed by atoms with Gasteiger partial charge in [0.25, 0.3) is 0 Å². The summed E-state index contributed by atoms with van der Waals surface area (Å²) >= 11 is 0. The first-order chi connectivity index (χ1) is 8.74. The number of rotatable bonds is 2. The molecule has 0 radical (unpaired) electrons. The van der Waals surface area contributed by atoms with E-state index in [1.54, 1.807) is 18.2 Å². The highest BCUT2D eigenvalue weighted by Crippen LogP contribution is 2.22. The molecule has 1 aromatic carbocycles. The van der Waals surface area contributed by atoms with Crippen molar-refractivity contribution in [1.82, 2.24) is 0 Å². The zero-order valence-corrected chi connectivity index (χ0v) is 9.81. The average molecular weight is 240 g/mol. The Bertz CT molecular complexity index is 609. The lowest BCUT2D eigenvalue weighted by Crippen LogP contribution is -2.14. The standard InChI is InChI=1S/C15H12O3/c16-13-6-5-10-3-4-11(8-12(10)9-13)15(17)14-2-1-7-18-14/h1-4,7-8H,5-6,9H2. The summed E-state index contributed by atoms with van der Waals surface area (Å²) in [6.45, 7) is 0. The molecule has 0 aliphatic heterocycles. The molecule has 0 fully saturated rings. The van der Waals surface area contributed by atoms with Crippen LogP contribution in [0.1, 0.15) is 33.7 Å². The Kier molecular flexibility index (Phi) is 2.59. The Balaban J connectivity index is 1.97. The first kappa shape index (κ1) is 11.0. The Labute approximate surface area is 104 Å². The van der Waals surface area contributed by atoms with Crippen molar-refractivity contribution in [2.45, 2.75) is 19.3 Å². The number of hydrogen-bond donors (Lipinski definition) is 0. The van der Waals surface area contributed by atoms with Gasteiger partial charge < -0.3 is 4.42 Å². The molecule has 1 aliphatic rings. The summed E-state index contributed by atoms with van der Waals surface area (Å²) < 4.78 is 5.10. The third-order valence-corrected chi connectivity index (χ3v) is 3.27. The molecule has 0 atom stereocenters. The fraction of sp³-hybridized carbons (Fsp3) is 0.200. The van der Waals surface area contributed by atoms with Gasteiger partial charge in [0, 0.05) is 18.4 Å². The van der Waals surface area contributed by atoms with Crippen LogP contribution in [0.2, 0.25) is 0 Å². The van der Waals surface area contributed by atoms with Gasteiger partial charge in [-0.1, -0.05) is 12.1 Å². The average Bonchev–Trinajstić information content (AvgIpc) is 2.90. The largest absolute Gasteiger partial charge is 0.461 e. The SMILES string of the molecule is O=C1CCc2ccc(C(=O)c3ccco3)cc2C1. The van der Waals surface area contributed by atoms with Crippen LogP contribution in [-0.4, -0.2) is 11.6 Å². The normalized spacial score (nSPS) is 14.3. The van der Waals surface area contributed by atoms with Crippen LogP contribution in [-0.2, 0) is 17.6 Å². The summed E-state index contributed by atoms with van der Waals surface area (Å²) in [5.41, 5.74) is 2.73. The third kappa shape index (κ3) is 1.88. The van der Waals surface area contributed by atoms with Crippen LogP contribution in [0.3, 0.4) is 0 Å². The van der Waals surface area contributed by atoms with E-state index < -0.39 is 0 Å². The van der Waals surface area contributed by atoms with Gasteiger partial charge in [0.15, 0.2) is 5.76 Å². The number of carbonyl (C=O) groups is 2. The molecule has 0 spiro atoms. The van der Waals surface area contributed by atoms with E-state index >= 15 is 0 Å². The Morgan fingerprint density at radius 3 is 2.78 bits per heavy atom. The predicted molar refractivity (Wildman–Crippen MR) is 65.6 cm³/mol. The van der Waals surface area contributed by atoms with Crippen LogP contribution >= 0.6 is 0 Å². The quantitative estimate of drug-likeness (QED) is 0.758.